The van der Waals surface area contributed by atoms with Crippen LogP contribution in [0.1, 0.15) is 13.3 Å². The van der Waals surface area contributed by atoms with E-state index in [1.165, 1.54) is 6.92 Å². The van der Waals surface area contributed by atoms with Gasteiger partial charge in [-0.25, -0.2) is 13.2 Å². The maximum absolute atomic E-state index is 12.0. The van der Waals surface area contributed by atoms with Gasteiger partial charge in [-0.1, -0.05) is 6.92 Å². The van der Waals surface area contributed by atoms with E-state index < -0.39 is 25.1 Å². The highest BCUT2D eigenvalue weighted by Gasteiger charge is 2.37. The van der Waals surface area contributed by atoms with E-state index >= 15 is 0 Å². The third-order valence-corrected chi connectivity index (χ3v) is 1.09. The van der Waals surface area contributed by atoms with Crippen molar-refractivity contribution in [3.63, 3.8) is 0 Å². The van der Waals surface area contributed by atoms with Crippen molar-refractivity contribution in [1.29, 1.82) is 0 Å². The SMILES string of the molecule is CCC(F)(F)C(F)CO. The number of alkyl halides is 3. The first-order valence-corrected chi connectivity index (χ1v) is 2.67. The fourth-order valence-electron chi connectivity index (χ4n) is 0.355. The molecular weight excluding hydrogens is 133 g/mol. The Labute approximate surface area is 51.5 Å². The fraction of sp³-hybridized carbons (Fsp3) is 1.00. The van der Waals surface area contributed by atoms with Gasteiger partial charge >= 0.3 is 0 Å². The molecule has 1 unspecified atom stereocenters. The first-order valence-electron chi connectivity index (χ1n) is 2.67. The Balaban J connectivity index is 3.80. The molecule has 0 aromatic heterocycles. The van der Waals surface area contributed by atoms with Gasteiger partial charge < -0.3 is 5.11 Å². The van der Waals surface area contributed by atoms with Crippen molar-refractivity contribution < 1.29 is 18.3 Å². The smallest absolute Gasteiger partial charge is 0.280 e. The van der Waals surface area contributed by atoms with Gasteiger partial charge in [0.25, 0.3) is 5.92 Å². The van der Waals surface area contributed by atoms with Crippen molar-refractivity contribution in [2.45, 2.75) is 25.4 Å². The largest absolute Gasteiger partial charge is 0.393 e. The van der Waals surface area contributed by atoms with E-state index in [0.717, 1.165) is 0 Å². The second-order valence-electron chi connectivity index (χ2n) is 1.76. The Morgan fingerprint density at radius 1 is 1.56 bits per heavy atom. The molecule has 0 spiro atoms. The zero-order chi connectivity index (χ0) is 7.49. The molecule has 0 aliphatic carbocycles. The highest BCUT2D eigenvalue weighted by molar-refractivity contribution is 4.73. The summed E-state index contributed by atoms with van der Waals surface area (Å²) in [5, 5.41) is 7.95. The zero-order valence-corrected chi connectivity index (χ0v) is 5.07. The molecule has 0 rings (SSSR count). The molecule has 0 aromatic carbocycles. The van der Waals surface area contributed by atoms with Gasteiger partial charge in [0.15, 0.2) is 6.17 Å². The molecule has 1 nitrogen and oxygen atoms in total. The van der Waals surface area contributed by atoms with Gasteiger partial charge in [0, 0.05) is 6.42 Å². The summed E-state index contributed by atoms with van der Waals surface area (Å²) in [6.45, 7) is 0.0586. The van der Waals surface area contributed by atoms with Crippen LogP contribution in [0.25, 0.3) is 0 Å². The van der Waals surface area contributed by atoms with Gasteiger partial charge in [0.1, 0.15) is 0 Å². The molecule has 0 saturated heterocycles. The van der Waals surface area contributed by atoms with Crippen LogP contribution in [-0.2, 0) is 0 Å². The Morgan fingerprint density at radius 2 is 2.00 bits per heavy atom. The maximum atomic E-state index is 12.0. The maximum Gasteiger partial charge on any atom is 0.280 e. The van der Waals surface area contributed by atoms with Crippen molar-refractivity contribution in [3.05, 3.63) is 0 Å². The van der Waals surface area contributed by atoms with Crippen LogP contribution >= 0.6 is 0 Å². The predicted octanol–water partition coefficient (Wildman–Crippen LogP) is 1.36. The topological polar surface area (TPSA) is 20.2 Å². The van der Waals surface area contributed by atoms with Crippen molar-refractivity contribution in [1.82, 2.24) is 0 Å². The lowest BCUT2D eigenvalue weighted by molar-refractivity contribution is -0.0909. The van der Waals surface area contributed by atoms with Crippen LogP contribution in [0.15, 0.2) is 0 Å². The minimum absolute atomic E-state index is 0.575. The van der Waals surface area contributed by atoms with Gasteiger partial charge in [0.05, 0.1) is 6.61 Å². The van der Waals surface area contributed by atoms with Crippen molar-refractivity contribution in [3.8, 4) is 0 Å². The Bertz CT molecular complexity index is 84.3. The van der Waals surface area contributed by atoms with Gasteiger partial charge in [-0.15, -0.1) is 0 Å². The van der Waals surface area contributed by atoms with E-state index in [4.69, 9.17) is 5.11 Å². The summed E-state index contributed by atoms with van der Waals surface area (Å²) in [5.41, 5.74) is 0. The van der Waals surface area contributed by atoms with Gasteiger partial charge in [-0.3, -0.25) is 0 Å². The van der Waals surface area contributed by atoms with Crippen LogP contribution in [0, 0.1) is 0 Å². The third-order valence-electron chi connectivity index (χ3n) is 1.09. The van der Waals surface area contributed by atoms with Crippen LogP contribution in [0.5, 0.6) is 0 Å². The second kappa shape index (κ2) is 3.06. The number of rotatable bonds is 3. The normalized spacial score (nSPS) is 15.7. The van der Waals surface area contributed by atoms with Crippen LogP contribution in [-0.4, -0.2) is 23.8 Å². The number of halogens is 3. The Kier molecular flexibility index (Phi) is 2.97. The molecule has 0 saturated carbocycles. The van der Waals surface area contributed by atoms with E-state index in [1.54, 1.807) is 0 Å². The first kappa shape index (κ1) is 8.75. The minimum atomic E-state index is -3.37. The van der Waals surface area contributed by atoms with Crippen molar-refractivity contribution >= 4 is 0 Å². The highest BCUT2D eigenvalue weighted by atomic mass is 19.3. The Morgan fingerprint density at radius 3 is 2.11 bits per heavy atom. The van der Waals surface area contributed by atoms with Crippen molar-refractivity contribution in [2.24, 2.45) is 0 Å². The lowest BCUT2D eigenvalue weighted by Crippen LogP contribution is -2.31. The fourth-order valence-corrected chi connectivity index (χ4v) is 0.355. The Hall–Kier alpha value is -0.250. The monoisotopic (exact) mass is 142 g/mol. The minimum Gasteiger partial charge on any atom is -0.393 e. The summed E-state index contributed by atoms with van der Waals surface area (Å²) in [4.78, 5) is 0. The summed E-state index contributed by atoms with van der Waals surface area (Å²) >= 11 is 0. The average molecular weight is 142 g/mol. The quantitative estimate of drug-likeness (QED) is 0.630. The molecule has 0 fully saturated rings. The molecule has 0 aromatic rings. The van der Waals surface area contributed by atoms with Crippen LogP contribution < -0.4 is 0 Å². The van der Waals surface area contributed by atoms with Gasteiger partial charge in [-0.05, 0) is 0 Å². The first-order chi connectivity index (χ1) is 4.04. The predicted molar refractivity (Wildman–Crippen MR) is 27.2 cm³/mol. The van der Waals surface area contributed by atoms with Gasteiger partial charge in [-0.2, -0.15) is 0 Å². The molecule has 0 bridgehead atoms. The standard InChI is InChI=1S/C5H9F3O/c1-2-5(7,8)4(6)3-9/h4,9H,2-3H2,1H3. The van der Waals surface area contributed by atoms with E-state index in [9.17, 15) is 13.2 Å². The van der Waals surface area contributed by atoms with E-state index in [2.05, 4.69) is 0 Å². The summed E-state index contributed by atoms with van der Waals surface area (Å²) in [5.74, 6) is -3.37. The molecule has 1 atom stereocenters. The van der Waals surface area contributed by atoms with Crippen molar-refractivity contribution in [2.75, 3.05) is 6.61 Å². The van der Waals surface area contributed by atoms with Crippen LogP contribution in [0.4, 0.5) is 13.2 Å². The highest BCUT2D eigenvalue weighted by Crippen LogP contribution is 2.24. The number of aliphatic hydroxyl groups excluding tert-OH is 1. The summed E-state index contributed by atoms with van der Waals surface area (Å²) in [6.07, 6.45) is -2.99. The molecule has 0 heterocycles. The van der Waals surface area contributed by atoms with Crippen LogP contribution in [0.2, 0.25) is 0 Å². The number of aliphatic hydroxyl groups is 1. The van der Waals surface area contributed by atoms with E-state index in [0.29, 0.717) is 0 Å². The second-order valence-corrected chi connectivity index (χ2v) is 1.76. The van der Waals surface area contributed by atoms with E-state index in [1.807, 2.05) is 0 Å². The molecule has 0 aliphatic rings. The number of hydrogen-bond donors (Lipinski definition) is 1. The molecule has 4 heteroatoms. The molecule has 1 N–H and O–H groups in total. The lowest BCUT2D eigenvalue weighted by Gasteiger charge is -2.15. The summed E-state index contributed by atoms with van der Waals surface area (Å²) in [6, 6.07) is 0. The molecule has 9 heavy (non-hydrogen) atoms. The van der Waals surface area contributed by atoms with Gasteiger partial charge in [0.2, 0.25) is 0 Å². The molecule has 0 aliphatic heterocycles. The van der Waals surface area contributed by atoms with E-state index in [-0.39, 0.29) is 0 Å². The molecule has 0 amide bonds. The van der Waals surface area contributed by atoms with Crippen LogP contribution in [0.3, 0.4) is 0 Å². The lowest BCUT2D eigenvalue weighted by atomic mass is 10.2. The molecule has 56 valence electrons. The zero-order valence-electron chi connectivity index (χ0n) is 5.07. The third kappa shape index (κ3) is 2.22. The number of hydrogen-bond acceptors (Lipinski definition) is 1. The average Bonchev–Trinajstić information content (AvgIpc) is 1.86. The molecule has 0 radical (unpaired) electrons. The summed E-state index contributed by atoms with van der Waals surface area (Å²) in [7, 11) is 0. The summed E-state index contributed by atoms with van der Waals surface area (Å²) < 4.78 is 35.9. The molecular formula is C5H9F3O.